The minimum Gasteiger partial charge on any atom is -0.356 e. The van der Waals surface area contributed by atoms with Gasteiger partial charge in [-0.05, 0) is 78.8 Å². The third-order valence-electron chi connectivity index (χ3n) is 5.84. The normalized spacial score (nSPS) is 14.6. The monoisotopic (exact) mass is 370 g/mol. The molecule has 0 aliphatic heterocycles. The van der Waals surface area contributed by atoms with Crippen molar-refractivity contribution in [3.63, 3.8) is 0 Å². The van der Waals surface area contributed by atoms with Crippen molar-refractivity contribution in [2.45, 2.75) is 51.4 Å². The molecule has 144 valence electrons. The van der Waals surface area contributed by atoms with Crippen LogP contribution in [0.4, 0.5) is 22.7 Å². The van der Waals surface area contributed by atoms with Gasteiger partial charge in [-0.1, -0.05) is 56.5 Å². The molecule has 0 saturated heterocycles. The first-order valence-electron chi connectivity index (χ1n) is 10.6. The molecule has 2 N–H and O–H groups in total. The van der Waals surface area contributed by atoms with Crippen molar-refractivity contribution in [3.05, 3.63) is 83.9 Å². The van der Waals surface area contributed by atoms with E-state index in [9.17, 15) is 0 Å². The molecule has 0 atom stereocenters. The smallest absolute Gasteiger partial charge is 0.0419 e. The van der Waals surface area contributed by atoms with E-state index in [1.165, 1.54) is 43.4 Å². The van der Waals surface area contributed by atoms with Gasteiger partial charge in [0.25, 0.3) is 0 Å². The number of hydrogen-bond donors (Lipinski definition) is 2. The fraction of sp³-hybridized carbons (Fsp3) is 0.308. The third-order valence-corrected chi connectivity index (χ3v) is 5.84. The second-order valence-corrected chi connectivity index (χ2v) is 7.76. The molecule has 1 aliphatic carbocycles. The second kappa shape index (κ2) is 8.97. The molecule has 3 aromatic rings. The molecule has 0 spiro atoms. The maximum Gasteiger partial charge on any atom is 0.0419 e. The highest BCUT2D eigenvalue weighted by Crippen LogP contribution is 2.37. The van der Waals surface area contributed by atoms with Crippen molar-refractivity contribution < 1.29 is 0 Å². The van der Waals surface area contributed by atoms with Gasteiger partial charge in [0.1, 0.15) is 0 Å². The van der Waals surface area contributed by atoms with Crippen molar-refractivity contribution in [1.29, 1.82) is 0 Å². The summed E-state index contributed by atoms with van der Waals surface area (Å²) in [6, 6.07) is 25.6. The molecule has 2 heteroatoms. The maximum atomic E-state index is 3.67. The van der Waals surface area contributed by atoms with E-state index in [2.05, 4.69) is 72.2 Å². The van der Waals surface area contributed by atoms with Crippen LogP contribution in [0.15, 0.2) is 72.8 Å². The summed E-state index contributed by atoms with van der Waals surface area (Å²) in [6.45, 7) is 2.28. The number of anilines is 4. The maximum absolute atomic E-state index is 3.67. The van der Waals surface area contributed by atoms with Crippen LogP contribution < -0.4 is 10.6 Å². The lowest BCUT2D eigenvalue weighted by molar-refractivity contribution is 0.442. The number of benzene rings is 3. The Bertz CT molecular complexity index is 878. The molecule has 0 bridgehead atoms. The predicted molar refractivity (Wildman–Crippen MR) is 121 cm³/mol. The fourth-order valence-corrected chi connectivity index (χ4v) is 4.39. The van der Waals surface area contributed by atoms with E-state index in [-0.39, 0.29) is 0 Å². The Labute approximate surface area is 169 Å². The second-order valence-electron chi connectivity index (χ2n) is 7.76. The summed E-state index contributed by atoms with van der Waals surface area (Å²) in [4.78, 5) is 0. The lowest BCUT2D eigenvalue weighted by atomic mass is 9.81. The van der Waals surface area contributed by atoms with E-state index in [1.54, 1.807) is 5.56 Å². The summed E-state index contributed by atoms with van der Waals surface area (Å²) in [6.07, 6.45) is 7.91. The van der Waals surface area contributed by atoms with Crippen LogP contribution in [0.5, 0.6) is 0 Å². The number of rotatable bonds is 6. The predicted octanol–water partition coefficient (Wildman–Crippen LogP) is 7.78. The Morgan fingerprint density at radius 1 is 0.679 bits per heavy atom. The third kappa shape index (κ3) is 4.39. The summed E-state index contributed by atoms with van der Waals surface area (Å²) in [5, 5.41) is 7.11. The van der Waals surface area contributed by atoms with E-state index in [1.807, 2.05) is 18.2 Å². The van der Waals surface area contributed by atoms with Gasteiger partial charge >= 0.3 is 0 Å². The van der Waals surface area contributed by atoms with Crippen molar-refractivity contribution in [2.24, 2.45) is 0 Å². The van der Waals surface area contributed by atoms with Gasteiger partial charge in [-0.15, -0.1) is 0 Å². The van der Waals surface area contributed by atoms with E-state index in [0.717, 1.165) is 29.4 Å². The Kier molecular flexibility index (Phi) is 5.96. The van der Waals surface area contributed by atoms with Crippen molar-refractivity contribution in [1.82, 2.24) is 0 Å². The van der Waals surface area contributed by atoms with Crippen LogP contribution in [0.25, 0.3) is 0 Å². The minimum absolute atomic E-state index is 0.739. The zero-order valence-corrected chi connectivity index (χ0v) is 16.7. The fourth-order valence-electron chi connectivity index (χ4n) is 4.39. The molecule has 1 fully saturated rings. The minimum atomic E-state index is 0.739. The van der Waals surface area contributed by atoms with Gasteiger partial charge in [0.2, 0.25) is 0 Å². The van der Waals surface area contributed by atoms with Gasteiger partial charge in [0, 0.05) is 22.7 Å². The first-order chi connectivity index (χ1) is 13.8. The standard InChI is InChI=1S/C26H30N2/c1-2-24-25(20-10-5-3-6-11-20)14-9-15-26(24)28-23-18-16-22(17-19-23)27-21-12-7-4-8-13-21/h4,7-9,12-20,27-28H,2-3,5-6,10-11H2,1H3. The van der Waals surface area contributed by atoms with Gasteiger partial charge in [0.05, 0.1) is 0 Å². The summed E-state index contributed by atoms with van der Waals surface area (Å²) >= 11 is 0. The van der Waals surface area contributed by atoms with Crippen LogP contribution in [0.1, 0.15) is 56.1 Å². The molecule has 28 heavy (non-hydrogen) atoms. The lowest BCUT2D eigenvalue weighted by Gasteiger charge is -2.26. The molecule has 3 aromatic carbocycles. The highest BCUT2D eigenvalue weighted by atomic mass is 14.9. The summed E-state index contributed by atoms with van der Waals surface area (Å²) < 4.78 is 0. The highest BCUT2D eigenvalue weighted by Gasteiger charge is 2.19. The van der Waals surface area contributed by atoms with Gasteiger partial charge in [-0.3, -0.25) is 0 Å². The molecular weight excluding hydrogens is 340 g/mol. The van der Waals surface area contributed by atoms with Crippen LogP contribution in [0.3, 0.4) is 0 Å². The number of hydrogen-bond acceptors (Lipinski definition) is 2. The molecule has 0 unspecified atom stereocenters. The summed E-state index contributed by atoms with van der Waals surface area (Å²) in [5.41, 5.74) is 7.65. The molecule has 0 radical (unpaired) electrons. The number of para-hydroxylation sites is 1. The van der Waals surface area contributed by atoms with E-state index >= 15 is 0 Å². The van der Waals surface area contributed by atoms with E-state index < -0.39 is 0 Å². The van der Waals surface area contributed by atoms with Crippen molar-refractivity contribution in [2.75, 3.05) is 10.6 Å². The average Bonchev–Trinajstić information content (AvgIpc) is 2.76. The zero-order chi connectivity index (χ0) is 19.2. The quantitative estimate of drug-likeness (QED) is 0.463. The highest BCUT2D eigenvalue weighted by molar-refractivity contribution is 5.68. The Hall–Kier alpha value is -2.74. The molecule has 0 heterocycles. The SMILES string of the molecule is CCc1c(Nc2ccc(Nc3ccccc3)cc2)cccc1C1CCCCC1. The van der Waals surface area contributed by atoms with E-state index in [0.29, 0.717) is 0 Å². The van der Waals surface area contributed by atoms with Crippen LogP contribution in [-0.2, 0) is 6.42 Å². The Morgan fingerprint density at radius 3 is 2.00 bits per heavy atom. The van der Waals surface area contributed by atoms with Gasteiger partial charge in [0.15, 0.2) is 0 Å². The largest absolute Gasteiger partial charge is 0.356 e. The molecule has 0 amide bonds. The van der Waals surface area contributed by atoms with Gasteiger partial charge in [-0.2, -0.15) is 0 Å². The van der Waals surface area contributed by atoms with Crippen molar-refractivity contribution >= 4 is 22.7 Å². The molecule has 1 aliphatic rings. The molecule has 4 rings (SSSR count). The first kappa shape index (κ1) is 18.6. The van der Waals surface area contributed by atoms with Crippen LogP contribution in [-0.4, -0.2) is 0 Å². The number of nitrogens with one attached hydrogen (secondary N) is 2. The summed E-state index contributed by atoms with van der Waals surface area (Å²) in [5.74, 6) is 0.739. The van der Waals surface area contributed by atoms with Crippen LogP contribution in [0.2, 0.25) is 0 Å². The Balaban J connectivity index is 1.50. The van der Waals surface area contributed by atoms with Gasteiger partial charge in [-0.25, -0.2) is 0 Å². The average molecular weight is 371 g/mol. The Morgan fingerprint density at radius 2 is 1.32 bits per heavy atom. The topological polar surface area (TPSA) is 24.1 Å². The molecule has 2 nitrogen and oxygen atoms in total. The first-order valence-corrected chi connectivity index (χ1v) is 10.6. The molecule has 1 saturated carbocycles. The van der Waals surface area contributed by atoms with Gasteiger partial charge < -0.3 is 10.6 Å². The lowest BCUT2D eigenvalue weighted by Crippen LogP contribution is -2.08. The molecular formula is C26H30N2. The zero-order valence-electron chi connectivity index (χ0n) is 16.7. The van der Waals surface area contributed by atoms with Crippen LogP contribution in [0, 0.1) is 0 Å². The van der Waals surface area contributed by atoms with E-state index in [4.69, 9.17) is 0 Å². The van der Waals surface area contributed by atoms with Crippen molar-refractivity contribution in [3.8, 4) is 0 Å². The summed E-state index contributed by atoms with van der Waals surface area (Å²) in [7, 11) is 0. The molecule has 0 aromatic heterocycles. The van der Waals surface area contributed by atoms with Crippen LogP contribution >= 0.6 is 0 Å².